The van der Waals surface area contributed by atoms with E-state index in [1.807, 2.05) is 0 Å². The van der Waals surface area contributed by atoms with Gasteiger partial charge in [-0.2, -0.15) is 0 Å². The number of alkyl halides is 1. The maximum atomic E-state index is 11.3. The van der Waals surface area contributed by atoms with E-state index in [-0.39, 0.29) is 11.8 Å². The molecule has 78 valence electrons. The van der Waals surface area contributed by atoms with Crippen LogP contribution in [0.3, 0.4) is 0 Å². The lowest BCUT2D eigenvalue weighted by atomic mass is 10.2. The summed E-state index contributed by atoms with van der Waals surface area (Å²) in [5.41, 5.74) is 0.734. The van der Waals surface area contributed by atoms with Gasteiger partial charge in [0.25, 0.3) is 0 Å². The van der Waals surface area contributed by atoms with Crippen LogP contribution in [0.2, 0.25) is 0 Å². The molecule has 1 aliphatic carbocycles. The van der Waals surface area contributed by atoms with Crippen molar-refractivity contribution in [3.05, 3.63) is 12.2 Å². The Morgan fingerprint density at radius 1 is 1.57 bits per heavy atom. The Kier molecular flexibility index (Phi) is 4.57. The van der Waals surface area contributed by atoms with Gasteiger partial charge in [-0.3, -0.25) is 9.59 Å². The van der Waals surface area contributed by atoms with Crippen LogP contribution in [0.4, 0.5) is 0 Å². The number of carbonyl (C=O) groups excluding carboxylic acids is 2. The lowest BCUT2D eigenvalue weighted by Gasteiger charge is -2.11. The summed E-state index contributed by atoms with van der Waals surface area (Å²) in [4.78, 5) is 22.5. The topological polar surface area (TPSA) is 43.4 Å². The van der Waals surface area contributed by atoms with E-state index in [0.717, 1.165) is 16.4 Å². The molecule has 0 amide bonds. The predicted molar refractivity (Wildman–Crippen MR) is 61.4 cm³/mol. The van der Waals surface area contributed by atoms with Gasteiger partial charge in [-0.1, -0.05) is 29.2 Å². The first-order valence-electron chi connectivity index (χ1n) is 4.61. The van der Waals surface area contributed by atoms with Crippen molar-refractivity contribution in [2.75, 3.05) is 4.43 Å². The first-order valence-corrected chi connectivity index (χ1v) is 6.13. The zero-order chi connectivity index (χ0) is 10.6. The largest absolute Gasteiger partial charge is 0.450 e. The molecule has 0 aromatic rings. The molecule has 4 heteroatoms. The minimum Gasteiger partial charge on any atom is -0.450 e. The molecular weight excluding hydrogens is 295 g/mol. The summed E-state index contributed by atoms with van der Waals surface area (Å²) in [7, 11) is 0. The molecule has 0 spiro atoms. The second-order valence-electron chi connectivity index (χ2n) is 3.29. The smallest absolute Gasteiger partial charge is 0.306 e. The molecule has 0 aromatic carbocycles. The predicted octanol–water partition coefficient (Wildman–Crippen LogP) is 2.03. The maximum Gasteiger partial charge on any atom is 0.306 e. The number of hydrogen-bond acceptors (Lipinski definition) is 3. The van der Waals surface area contributed by atoms with Crippen LogP contribution in [0, 0.1) is 0 Å². The van der Waals surface area contributed by atoms with Crippen LogP contribution in [-0.2, 0) is 14.3 Å². The van der Waals surface area contributed by atoms with Gasteiger partial charge in [0.05, 0.1) is 0 Å². The van der Waals surface area contributed by atoms with Crippen molar-refractivity contribution in [3.8, 4) is 0 Å². The highest BCUT2D eigenvalue weighted by Crippen LogP contribution is 2.23. The molecule has 0 bridgehead atoms. The summed E-state index contributed by atoms with van der Waals surface area (Å²) in [6, 6.07) is 0. The average Bonchev–Trinajstić information content (AvgIpc) is 2.46. The van der Waals surface area contributed by atoms with Gasteiger partial charge in [0.1, 0.15) is 0 Å². The number of ketones is 1. The zero-order valence-corrected chi connectivity index (χ0v) is 10.1. The fourth-order valence-corrected chi connectivity index (χ4v) is 1.71. The Morgan fingerprint density at radius 3 is 2.79 bits per heavy atom. The van der Waals surface area contributed by atoms with E-state index in [4.69, 9.17) is 4.74 Å². The van der Waals surface area contributed by atoms with Crippen LogP contribution in [0.1, 0.15) is 25.7 Å². The number of Topliss-reactive ketones (excluding diaryl/α,β-unsaturated/α-hetero) is 1. The number of ether oxygens (including phenoxy) is 1. The third-order valence-electron chi connectivity index (χ3n) is 2.12. The summed E-state index contributed by atoms with van der Waals surface area (Å²) in [5.74, 6) is -0.305. The molecule has 0 aliphatic heterocycles. The number of halogens is 1. The van der Waals surface area contributed by atoms with Crippen molar-refractivity contribution < 1.29 is 14.3 Å². The van der Waals surface area contributed by atoms with E-state index < -0.39 is 6.10 Å². The lowest BCUT2D eigenvalue weighted by Crippen LogP contribution is -2.23. The molecule has 0 radical (unpaired) electrons. The maximum absolute atomic E-state index is 11.3. The van der Waals surface area contributed by atoms with Crippen LogP contribution in [0.25, 0.3) is 0 Å². The zero-order valence-electron chi connectivity index (χ0n) is 7.92. The van der Waals surface area contributed by atoms with Gasteiger partial charge in [-0.05, 0) is 18.4 Å². The summed E-state index contributed by atoms with van der Waals surface area (Å²) in [5, 5.41) is 0. The van der Waals surface area contributed by atoms with Gasteiger partial charge in [0.2, 0.25) is 0 Å². The SMILES string of the molecule is C=C1CCC(=O)C1OC(=O)CCCI. The van der Waals surface area contributed by atoms with Crippen molar-refractivity contribution in [2.24, 2.45) is 0 Å². The van der Waals surface area contributed by atoms with Gasteiger partial charge in [-0.25, -0.2) is 0 Å². The molecular formula is C10H13IO3. The molecule has 1 unspecified atom stereocenters. The normalized spacial score (nSPS) is 21.4. The summed E-state index contributed by atoms with van der Waals surface area (Å²) < 4.78 is 5.97. The van der Waals surface area contributed by atoms with E-state index in [0.29, 0.717) is 19.3 Å². The molecule has 0 N–H and O–H groups in total. The van der Waals surface area contributed by atoms with Crippen LogP contribution in [0.5, 0.6) is 0 Å². The second kappa shape index (κ2) is 5.48. The van der Waals surface area contributed by atoms with E-state index in [2.05, 4.69) is 29.2 Å². The Hall–Kier alpha value is -0.390. The Labute approximate surface area is 97.0 Å². The van der Waals surface area contributed by atoms with Gasteiger partial charge < -0.3 is 4.74 Å². The van der Waals surface area contributed by atoms with E-state index >= 15 is 0 Å². The molecule has 1 saturated carbocycles. The summed E-state index contributed by atoms with van der Waals surface area (Å²) >= 11 is 2.20. The quantitative estimate of drug-likeness (QED) is 0.345. The van der Waals surface area contributed by atoms with Gasteiger partial charge in [0, 0.05) is 17.3 Å². The molecule has 1 atom stereocenters. The van der Waals surface area contributed by atoms with Crippen molar-refractivity contribution in [1.82, 2.24) is 0 Å². The van der Waals surface area contributed by atoms with Crippen molar-refractivity contribution in [1.29, 1.82) is 0 Å². The third kappa shape index (κ3) is 3.08. The average molecular weight is 308 g/mol. The van der Waals surface area contributed by atoms with Gasteiger partial charge in [0.15, 0.2) is 11.9 Å². The van der Waals surface area contributed by atoms with Crippen molar-refractivity contribution >= 4 is 34.3 Å². The third-order valence-corrected chi connectivity index (χ3v) is 2.88. The lowest BCUT2D eigenvalue weighted by molar-refractivity contribution is -0.151. The highest BCUT2D eigenvalue weighted by molar-refractivity contribution is 14.1. The van der Waals surface area contributed by atoms with Gasteiger partial charge >= 0.3 is 5.97 Å². The molecule has 0 heterocycles. The second-order valence-corrected chi connectivity index (χ2v) is 4.37. The highest BCUT2D eigenvalue weighted by atomic mass is 127. The van der Waals surface area contributed by atoms with Gasteiger partial charge in [-0.15, -0.1) is 0 Å². The first-order chi connectivity index (χ1) is 6.65. The fourth-order valence-electron chi connectivity index (χ4n) is 1.32. The van der Waals surface area contributed by atoms with Crippen molar-refractivity contribution in [2.45, 2.75) is 31.8 Å². The van der Waals surface area contributed by atoms with E-state index in [1.54, 1.807) is 0 Å². The Balaban J connectivity index is 2.39. The minimum absolute atomic E-state index is 0.0159. The van der Waals surface area contributed by atoms with Crippen LogP contribution >= 0.6 is 22.6 Å². The number of carbonyl (C=O) groups is 2. The number of hydrogen-bond donors (Lipinski definition) is 0. The number of esters is 1. The minimum atomic E-state index is -0.656. The Bertz CT molecular complexity index is 244. The number of rotatable bonds is 4. The molecule has 1 fully saturated rings. The molecule has 1 rings (SSSR count). The standard InChI is InChI=1S/C10H13IO3/c1-7-4-5-8(12)10(7)14-9(13)3-2-6-11/h10H,1-6H2. The van der Waals surface area contributed by atoms with Crippen LogP contribution < -0.4 is 0 Å². The summed E-state index contributed by atoms with van der Waals surface area (Å²) in [6.07, 6.45) is 1.65. The highest BCUT2D eigenvalue weighted by Gasteiger charge is 2.31. The van der Waals surface area contributed by atoms with E-state index in [9.17, 15) is 9.59 Å². The first kappa shape index (κ1) is 11.7. The molecule has 1 aliphatic rings. The summed E-state index contributed by atoms with van der Waals surface area (Å²) in [6.45, 7) is 3.72. The van der Waals surface area contributed by atoms with Crippen LogP contribution in [0.15, 0.2) is 12.2 Å². The fraction of sp³-hybridized carbons (Fsp3) is 0.600. The van der Waals surface area contributed by atoms with Crippen LogP contribution in [-0.4, -0.2) is 22.3 Å². The molecule has 14 heavy (non-hydrogen) atoms. The van der Waals surface area contributed by atoms with E-state index in [1.165, 1.54) is 0 Å². The Morgan fingerprint density at radius 2 is 2.29 bits per heavy atom. The molecule has 0 aromatic heterocycles. The van der Waals surface area contributed by atoms with Crippen molar-refractivity contribution in [3.63, 3.8) is 0 Å². The monoisotopic (exact) mass is 308 g/mol. The molecule has 0 saturated heterocycles. The molecule has 3 nitrogen and oxygen atoms in total.